The van der Waals surface area contributed by atoms with Crippen molar-refractivity contribution >= 4 is 43.9 Å². The monoisotopic (exact) mass is 462 g/mol. The fourth-order valence-electron chi connectivity index (χ4n) is 3.24. The average molecular weight is 463 g/mol. The van der Waals surface area contributed by atoms with Crippen LogP contribution in [0.1, 0.15) is 10.4 Å². The minimum Gasteiger partial charge on any atom is -0.302 e. The van der Waals surface area contributed by atoms with Crippen molar-refractivity contribution in [1.29, 1.82) is 0 Å². The van der Waals surface area contributed by atoms with Gasteiger partial charge < -0.3 is 5.32 Å². The van der Waals surface area contributed by atoms with Gasteiger partial charge in [0, 0.05) is 29.9 Å². The summed E-state index contributed by atoms with van der Waals surface area (Å²) in [4.78, 5) is 43.0. The highest BCUT2D eigenvalue weighted by molar-refractivity contribution is 7.18. The molecule has 0 aliphatic rings. The zero-order valence-electron chi connectivity index (χ0n) is 16.7. The molecule has 4 aromatic rings. The molecule has 1 amide bonds. The molecule has 0 bridgehead atoms. The number of aryl methyl sites for hydroxylation is 2. The Labute approximate surface area is 182 Å². The topological polar surface area (TPSA) is 86.0 Å². The molecule has 3 heterocycles. The van der Waals surface area contributed by atoms with Crippen LogP contribution in [0.25, 0.3) is 21.5 Å². The Morgan fingerprint density at radius 1 is 1.16 bits per heavy atom. The number of nitrogens with zero attached hydrogens (tertiary/aromatic N) is 3. The maximum absolute atomic E-state index is 13.5. The van der Waals surface area contributed by atoms with E-state index in [-0.39, 0.29) is 12.3 Å². The molecule has 1 N–H and O–H groups in total. The van der Waals surface area contributed by atoms with Crippen molar-refractivity contribution in [2.24, 2.45) is 14.1 Å². The van der Waals surface area contributed by atoms with Gasteiger partial charge in [0.15, 0.2) is 16.8 Å². The first-order valence-electron chi connectivity index (χ1n) is 9.06. The molecular formula is C20H16F2N4O3S2. The number of carbonyl (C=O) groups excluding carboxylic acids is 1. The normalized spacial score (nSPS) is 11.3. The number of carbonyl (C=O) groups is 1. The predicted molar refractivity (Wildman–Crippen MR) is 117 cm³/mol. The summed E-state index contributed by atoms with van der Waals surface area (Å²) in [5.41, 5.74) is 0.480. The molecule has 0 spiro atoms. The van der Waals surface area contributed by atoms with Gasteiger partial charge in [0.2, 0.25) is 5.91 Å². The molecule has 1 aromatic carbocycles. The molecule has 0 radical (unpaired) electrons. The number of nitrogens with one attached hydrogen (secondary N) is 1. The van der Waals surface area contributed by atoms with Crippen molar-refractivity contribution in [3.8, 4) is 11.3 Å². The van der Waals surface area contributed by atoms with Crippen molar-refractivity contribution in [1.82, 2.24) is 14.1 Å². The second-order valence-corrected chi connectivity index (χ2v) is 8.98. The maximum Gasteiger partial charge on any atom is 0.331 e. The largest absolute Gasteiger partial charge is 0.331 e. The van der Waals surface area contributed by atoms with Crippen LogP contribution in [0.4, 0.5) is 13.9 Å². The van der Waals surface area contributed by atoms with Gasteiger partial charge in [0.1, 0.15) is 4.83 Å². The van der Waals surface area contributed by atoms with E-state index in [0.29, 0.717) is 32.2 Å². The zero-order chi connectivity index (χ0) is 22.4. The van der Waals surface area contributed by atoms with Crippen LogP contribution in [0.2, 0.25) is 0 Å². The Morgan fingerprint density at radius 2 is 1.90 bits per heavy atom. The fourth-order valence-corrected chi connectivity index (χ4v) is 5.09. The number of fused-ring (bicyclic) bond motifs is 1. The van der Waals surface area contributed by atoms with Crippen LogP contribution in [-0.4, -0.2) is 20.0 Å². The van der Waals surface area contributed by atoms with E-state index in [0.717, 1.165) is 32.9 Å². The third-order valence-corrected chi connectivity index (χ3v) is 6.87. The molecule has 31 heavy (non-hydrogen) atoms. The van der Waals surface area contributed by atoms with E-state index < -0.39 is 22.9 Å². The summed E-state index contributed by atoms with van der Waals surface area (Å²) in [7, 11) is 2.98. The van der Waals surface area contributed by atoms with Crippen molar-refractivity contribution in [3.63, 3.8) is 0 Å². The lowest BCUT2D eigenvalue weighted by Crippen LogP contribution is -2.36. The molecule has 0 saturated heterocycles. The number of anilines is 1. The first-order chi connectivity index (χ1) is 14.7. The van der Waals surface area contributed by atoms with E-state index in [1.807, 2.05) is 0 Å². The van der Waals surface area contributed by atoms with Gasteiger partial charge in [-0.05, 0) is 30.7 Å². The number of hydrogen-bond donors (Lipinski definition) is 1. The molecule has 0 saturated carbocycles. The molecule has 4 rings (SSSR count). The van der Waals surface area contributed by atoms with Crippen LogP contribution in [0.3, 0.4) is 0 Å². The summed E-state index contributed by atoms with van der Waals surface area (Å²) in [5.74, 6) is -2.31. The molecule has 0 aliphatic heterocycles. The van der Waals surface area contributed by atoms with Crippen molar-refractivity contribution in [3.05, 3.63) is 66.5 Å². The predicted octanol–water partition coefficient (Wildman–Crippen LogP) is 3.19. The van der Waals surface area contributed by atoms with Gasteiger partial charge in [-0.1, -0.05) is 0 Å². The first kappa shape index (κ1) is 21.1. The Morgan fingerprint density at radius 3 is 2.61 bits per heavy atom. The lowest BCUT2D eigenvalue weighted by molar-refractivity contribution is -0.115. The smallest absolute Gasteiger partial charge is 0.302 e. The van der Waals surface area contributed by atoms with Gasteiger partial charge in [-0.25, -0.2) is 18.6 Å². The van der Waals surface area contributed by atoms with E-state index in [9.17, 15) is 23.2 Å². The van der Waals surface area contributed by atoms with Gasteiger partial charge in [0.25, 0.3) is 5.56 Å². The number of thiazole rings is 1. The van der Waals surface area contributed by atoms with E-state index in [1.165, 1.54) is 29.0 Å². The number of rotatable bonds is 4. The van der Waals surface area contributed by atoms with Crippen molar-refractivity contribution in [2.75, 3.05) is 5.32 Å². The standard InChI is InChI=1S/C20H16F2N4O3S2/c1-9-11(16-17(28)25(2)20(29)26(3)18(16)31-9)7-15(27)24-19-23-14(8-30-19)10-4-5-12(21)13(22)6-10/h4-6,8H,7H2,1-3H3,(H,23,24,27). The van der Waals surface area contributed by atoms with Crippen LogP contribution in [-0.2, 0) is 25.3 Å². The van der Waals surface area contributed by atoms with Crippen LogP contribution in [0.15, 0.2) is 33.2 Å². The first-order valence-corrected chi connectivity index (χ1v) is 10.8. The van der Waals surface area contributed by atoms with E-state index >= 15 is 0 Å². The Balaban J connectivity index is 1.60. The molecule has 7 nitrogen and oxygen atoms in total. The average Bonchev–Trinajstić information content (AvgIpc) is 3.32. The molecule has 11 heteroatoms. The summed E-state index contributed by atoms with van der Waals surface area (Å²) >= 11 is 2.43. The van der Waals surface area contributed by atoms with Gasteiger partial charge in [-0.2, -0.15) is 0 Å². The molecular weight excluding hydrogens is 446 g/mol. The number of thiophene rings is 1. The minimum absolute atomic E-state index is 0.0701. The number of amides is 1. The molecule has 0 atom stereocenters. The number of aromatic nitrogens is 3. The zero-order valence-corrected chi connectivity index (χ0v) is 18.3. The molecule has 3 aromatic heterocycles. The SMILES string of the molecule is Cc1sc2c(c1CC(=O)Nc1nc(-c3ccc(F)c(F)c3)cs1)c(=O)n(C)c(=O)n2C. The van der Waals surface area contributed by atoms with E-state index in [2.05, 4.69) is 10.3 Å². The molecule has 0 fully saturated rings. The highest BCUT2D eigenvalue weighted by Gasteiger charge is 2.20. The van der Waals surface area contributed by atoms with Crippen LogP contribution < -0.4 is 16.6 Å². The van der Waals surface area contributed by atoms with Crippen LogP contribution >= 0.6 is 22.7 Å². The van der Waals surface area contributed by atoms with Crippen LogP contribution in [0, 0.1) is 18.6 Å². The summed E-state index contributed by atoms with van der Waals surface area (Å²) in [6, 6.07) is 3.46. The number of benzene rings is 1. The van der Waals surface area contributed by atoms with Gasteiger partial charge in [-0.15, -0.1) is 22.7 Å². The van der Waals surface area contributed by atoms with Gasteiger partial charge >= 0.3 is 5.69 Å². The summed E-state index contributed by atoms with van der Waals surface area (Å²) in [5, 5.41) is 4.94. The number of hydrogen-bond acceptors (Lipinski definition) is 6. The van der Waals surface area contributed by atoms with Crippen LogP contribution in [0.5, 0.6) is 0 Å². The van der Waals surface area contributed by atoms with Crippen molar-refractivity contribution < 1.29 is 13.6 Å². The van der Waals surface area contributed by atoms with E-state index in [4.69, 9.17) is 0 Å². The van der Waals surface area contributed by atoms with Crippen molar-refractivity contribution in [2.45, 2.75) is 13.3 Å². The highest BCUT2D eigenvalue weighted by atomic mass is 32.1. The summed E-state index contributed by atoms with van der Waals surface area (Å²) in [6.45, 7) is 1.79. The lowest BCUT2D eigenvalue weighted by atomic mass is 10.1. The Hall–Kier alpha value is -3.18. The van der Waals surface area contributed by atoms with Gasteiger partial charge in [0.05, 0.1) is 17.5 Å². The second kappa shape index (κ2) is 7.82. The summed E-state index contributed by atoms with van der Waals surface area (Å²) in [6.07, 6.45) is -0.0701. The molecule has 0 unspecified atom stereocenters. The third-order valence-electron chi connectivity index (χ3n) is 4.89. The quantitative estimate of drug-likeness (QED) is 0.505. The minimum atomic E-state index is -0.980. The maximum atomic E-state index is 13.5. The lowest BCUT2D eigenvalue weighted by Gasteiger charge is -2.05. The molecule has 0 aliphatic carbocycles. The van der Waals surface area contributed by atoms with Gasteiger partial charge in [-0.3, -0.25) is 18.7 Å². The Kier molecular flexibility index (Phi) is 5.31. The molecule has 160 valence electrons. The highest BCUT2D eigenvalue weighted by Crippen LogP contribution is 2.29. The third kappa shape index (κ3) is 3.70. The number of halogens is 2. The fraction of sp³-hybridized carbons (Fsp3) is 0.200. The summed E-state index contributed by atoms with van der Waals surface area (Å²) < 4.78 is 29.0. The second-order valence-electron chi connectivity index (χ2n) is 6.91. The van der Waals surface area contributed by atoms with E-state index in [1.54, 1.807) is 19.4 Å². The Bertz CT molecular complexity index is 1470.